The van der Waals surface area contributed by atoms with Crippen LogP contribution < -0.4 is 15.5 Å². The number of aryl methyl sites for hydroxylation is 1. The van der Waals surface area contributed by atoms with Crippen LogP contribution in [0.25, 0.3) is 0 Å². The predicted octanol–water partition coefficient (Wildman–Crippen LogP) is 4.27. The molecule has 0 bridgehead atoms. The first-order valence-electron chi connectivity index (χ1n) is 10.2. The van der Waals surface area contributed by atoms with Gasteiger partial charge in [0.15, 0.2) is 0 Å². The maximum atomic E-state index is 13.5. The summed E-state index contributed by atoms with van der Waals surface area (Å²) in [5, 5.41) is 5.68. The third-order valence-electron chi connectivity index (χ3n) is 5.23. The van der Waals surface area contributed by atoms with Gasteiger partial charge in [-0.1, -0.05) is 25.5 Å². The highest BCUT2D eigenvalue weighted by Crippen LogP contribution is 2.23. The summed E-state index contributed by atoms with van der Waals surface area (Å²) in [5.41, 5.74) is 2.70. The van der Waals surface area contributed by atoms with Crippen LogP contribution in [0.2, 0.25) is 0 Å². The first-order valence-corrected chi connectivity index (χ1v) is 10.2. The van der Waals surface area contributed by atoms with E-state index in [1.807, 2.05) is 31.2 Å². The van der Waals surface area contributed by atoms with E-state index in [0.717, 1.165) is 25.2 Å². The molecule has 0 aromatic heterocycles. The van der Waals surface area contributed by atoms with Crippen LogP contribution in [0, 0.1) is 12.7 Å². The number of nitrogens with zero attached hydrogens (tertiary/aromatic N) is 1. The fourth-order valence-corrected chi connectivity index (χ4v) is 3.62. The van der Waals surface area contributed by atoms with Gasteiger partial charge in [-0.15, -0.1) is 0 Å². The quantitative estimate of drug-likeness (QED) is 0.733. The van der Waals surface area contributed by atoms with Crippen LogP contribution in [-0.4, -0.2) is 30.9 Å². The Morgan fingerprint density at radius 2 is 1.90 bits per heavy atom. The minimum absolute atomic E-state index is 0.245. The van der Waals surface area contributed by atoms with Gasteiger partial charge in [0.05, 0.1) is 0 Å². The topological polar surface area (TPSA) is 61.4 Å². The molecular weight excluding hydrogens is 369 g/mol. The lowest BCUT2D eigenvalue weighted by Gasteiger charge is -2.21. The maximum absolute atomic E-state index is 13.5. The third kappa shape index (κ3) is 5.34. The van der Waals surface area contributed by atoms with E-state index in [4.69, 9.17) is 0 Å². The molecular formula is C23H28FN3O2. The molecule has 2 N–H and O–H groups in total. The van der Waals surface area contributed by atoms with Gasteiger partial charge in [-0.3, -0.25) is 9.59 Å². The summed E-state index contributed by atoms with van der Waals surface area (Å²) in [7, 11) is 0. The zero-order valence-electron chi connectivity index (χ0n) is 17.0. The summed E-state index contributed by atoms with van der Waals surface area (Å²) < 4.78 is 13.5. The summed E-state index contributed by atoms with van der Waals surface area (Å²) in [6.45, 7) is 5.75. The molecule has 0 saturated carbocycles. The highest BCUT2D eigenvalue weighted by Gasteiger charge is 2.22. The van der Waals surface area contributed by atoms with E-state index in [-0.39, 0.29) is 11.5 Å². The molecule has 6 heteroatoms. The van der Waals surface area contributed by atoms with Crippen molar-refractivity contribution in [3.8, 4) is 0 Å². The largest absolute Gasteiger partial charge is 0.371 e. The van der Waals surface area contributed by atoms with E-state index in [1.54, 1.807) is 13.0 Å². The van der Waals surface area contributed by atoms with E-state index >= 15 is 0 Å². The number of rotatable bonds is 7. The first-order chi connectivity index (χ1) is 14.0. The van der Waals surface area contributed by atoms with Crippen LogP contribution in [0.15, 0.2) is 42.5 Å². The average molecular weight is 397 g/mol. The van der Waals surface area contributed by atoms with Crippen LogP contribution in [0.3, 0.4) is 0 Å². The Labute approximate surface area is 171 Å². The molecule has 154 valence electrons. The highest BCUT2D eigenvalue weighted by atomic mass is 19.1. The van der Waals surface area contributed by atoms with Gasteiger partial charge in [-0.05, 0) is 62.1 Å². The Balaban J connectivity index is 1.70. The third-order valence-corrected chi connectivity index (χ3v) is 5.23. The van der Waals surface area contributed by atoms with Crippen molar-refractivity contribution in [3.05, 3.63) is 59.4 Å². The van der Waals surface area contributed by atoms with Crippen molar-refractivity contribution in [1.29, 1.82) is 0 Å². The van der Waals surface area contributed by atoms with Crippen molar-refractivity contribution in [3.63, 3.8) is 0 Å². The molecule has 1 unspecified atom stereocenters. The number of benzene rings is 2. The standard InChI is InChI=1S/C23H28FN3O2/c1-3-7-21(26-22(28)20-14-17(24)11-10-16(20)2)23(29)25-18-8-6-9-19(15-18)27-12-4-5-13-27/h6,8-11,14-15,21H,3-5,7,12-13H2,1-2H3,(H,25,29)(H,26,28). The fourth-order valence-electron chi connectivity index (χ4n) is 3.62. The van der Waals surface area contributed by atoms with Crippen molar-refractivity contribution in [2.24, 2.45) is 0 Å². The molecule has 2 aromatic carbocycles. The van der Waals surface area contributed by atoms with E-state index in [1.165, 1.54) is 25.0 Å². The lowest BCUT2D eigenvalue weighted by molar-refractivity contribution is -0.118. The van der Waals surface area contributed by atoms with Crippen LogP contribution in [-0.2, 0) is 4.79 Å². The molecule has 1 atom stereocenters. The zero-order valence-corrected chi connectivity index (χ0v) is 17.0. The molecule has 1 saturated heterocycles. The van der Waals surface area contributed by atoms with Gasteiger partial charge in [0.1, 0.15) is 11.9 Å². The summed E-state index contributed by atoms with van der Waals surface area (Å²) in [6.07, 6.45) is 3.59. The Morgan fingerprint density at radius 1 is 1.14 bits per heavy atom. The van der Waals surface area contributed by atoms with Gasteiger partial charge >= 0.3 is 0 Å². The SMILES string of the molecule is CCCC(NC(=O)c1cc(F)ccc1C)C(=O)Nc1cccc(N2CCCC2)c1. The molecule has 0 radical (unpaired) electrons. The fraction of sp³-hybridized carbons (Fsp3) is 0.391. The first kappa shape index (κ1) is 20.8. The smallest absolute Gasteiger partial charge is 0.252 e. The van der Waals surface area contributed by atoms with Crippen molar-refractivity contribution in [2.45, 2.75) is 45.6 Å². The molecule has 1 aliphatic rings. The number of anilines is 2. The molecule has 3 rings (SSSR count). The molecule has 29 heavy (non-hydrogen) atoms. The second-order valence-electron chi connectivity index (χ2n) is 7.51. The van der Waals surface area contributed by atoms with E-state index in [9.17, 15) is 14.0 Å². The van der Waals surface area contributed by atoms with E-state index in [2.05, 4.69) is 15.5 Å². The van der Waals surface area contributed by atoms with Gasteiger partial charge in [-0.2, -0.15) is 0 Å². The van der Waals surface area contributed by atoms with Gasteiger partial charge in [0, 0.05) is 30.0 Å². The molecule has 1 fully saturated rings. The van der Waals surface area contributed by atoms with Crippen LogP contribution >= 0.6 is 0 Å². The molecule has 5 nitrogen and oxygen atoms in total. The zero-order chi connectivity index (χ0) is 20.8. The second kappa shape index (κ2) is 9.54. The number of nitrogens with one attached hydrogen (secondary N) is 2. The van der Waals surface area contributed by atoms with E-state index < -0.39 is 17.8 Å². The molecule has 1 heterocycles. The van der Waals surface area contributed by atoms with Crippen molar-refractivity contribution in [2.75, 3.05) is 23.3 Å². The Morgan fingerprint density at radius 3 is 2.62 bits per heavy atom. The summed E-state index contributed by atoms with van der Waals surface area (Å²) in [4.78, 5) is 27.8. The Bertz CT molecular complexity index is 878. The second-order valence-corrected chi connectivity index (χ2v) is 7.51. The van der Waals surface area contributed by atoms with Crippen molar-refractivity contribution >= 4 is 23.2 Å². The minimum Gasteiger partial charge on any atom is -0.371 e. The maximum Gasteiger partial charge on any atom is 0.252 e. The number of carbonyl (C=O) groups excluding carboxylic acids is 2. The van der Waals surface area contributed by atoms with Crippen molar-refractivity contribution in [1.82, 2.24) is 5.32 Å². The van der Waals surface area contributed by atoms with Crippen LogP contribution in [0.1, 0.15) is 48.5 Å². The Hall–Kier alpha value is -2.89. The monoisotopic (exact) mass is 397 g/mol. The summed E-state index contributed by atoms with van der Waals surface area (Å²) in [6, 6.07) is 11.2. The number of amides is 2. The average Bonchev–Trinajstić information content (AvgIpc) is 3.24. The Kier molecular flexibility index (Phi) is 6.86. The highest BCUT2D eigenvalue weighted by molar-refractivity contribution is 6.01. The molecule has 0 aliphatic carbocycles. The van der Waals surface area contributed by atoms with Crippen LogP contribution in [0.5, 0.6) is 0 Å². The predicted molar refractivity (Wildman–Crippen MR) is 114 cm³/mol. The molecule has 0 spiro atoms. The molecule has 1 aliphatic heterocycles. The van der Waals surface area contributed by atoms with Gasteiger partial charge in [0.2, 0.25) is 5.91 Å². The molecule has 2 aromatic rings. The number of halogens is 1. The van der Waals surface area contributed by atoms with Crippen LogP contribution in [0.4, 0.5) is 15.8 Å². The lowest BCUT2D eigenvalue weighted by atomic mass is 10.1. The summed E-state index contributed by atoms with van der Waals surface area (Å²) in [5.74, 6) is -1.19. The minimum atomic E-state index is -0.689. The normalized spacial score (nSPS) is 14.5. The lowest BCUT2D eigenvalue weighted by Crippen LogP contribution is -2.44. The van der Waals surface area contributed by atoms with Gasteiger partial charge in [-0.25, -0.2) is 4.39 Å². The number of hydrogen-bond acceptors (Lipinski definition) is 3. The summed E-state index contributed by atoms with van der Waals surface area (Å²) >= 11 is 0. The number of carbonyl (C=O) groups is 2. The van der Waals surface area contributed by atoms with Crippen molar-refractivity contribution < 1.29 is 14.0 Å². The van der Waals surface area contributed by atoms with Gasteiger partial charge in [0.25, 0.3) is 5.91 Å². The van der Waals surface area contributed by atoms with Gasteiger partial charge < -0.3 is 15.5 Å². The molecule has 2 amide bonds. The van der Waals surface area contributed by atoms with E-state index in [0.29, 0.717) is 17.7 Å². The number of hydrogen-bond donors (Lipinski definition) is 2.